The van der Waals surface area contributed by atoms with Crippen molar-refractivity contribution >= 4 is 17.5 Å². The number of rotatable bonds is 8. The molecule has 6 heteroatoms. The molecule has 1 aliphatic rings. The Kier molecular flexibility index (Phi) is 7.13. The Morgan fingerprint density at radius 3 is 2.87 bits per heavy atom. The van der Waals surface area contributed by atoms with Gasteiger partial charge < -0.3 is 20.6 Å². The van der Waals surface area contributed by atoms with Gasteiger partial charge in [-0.05, 0) is 43.7 Å². The third-order valence-corrected chi connectivity index (χ3v) is 4.23. The van der Waals surface area contributed by atoms with Crippen LogP contribution in [-0.4, -0.2) is 42.4 Å². The topological polar surface area (TPSA) is 77.5 Å². The van der Waals surface area contributed by atoms with Crippen LogP contribution in [0.1, 0.15) is 39.0 Å². The maximum atomic E-state index is 12.2. The van der Waals surface area contributed by atoms with E-state index in [1.54, 1.807) is 6.20 Å². The summed E-state index contributed by atoms with van der Waals surface area (Å²) in [6.45, 7) is 4.84. The van der Waals surface area contributed by atoms with E-state index < -0.39 is 0 Å². The summed E-state index contributed by atoms with van der Waals surface area (Å²) in [6, 6.07) is 3.51. The molecule has 0 spiro atoms. The summed E-state index contributed by atoms with van der Waals surface area (Å²) in [5, 5.41) is 14.9. The normalized spacial score (nSPS) is 15.5. The monoisotopic (exact) mass is 320 g/mol. The molecule has 1 aromatic heterocycles. The number of carbonyl (C=O) groups is 1. The van der Waals surface area contributed by atoms with E-state index >= 15 is 0 Å². The molecule has 0 radical (unpaired) electrons. The molecule has 128 valence electrons. The molecule has 2 amide bonds. The molecular weight excluding hydrogens is 292 g/mol. The highest BCUT2D eigenvalue weighted by molar-refractivity contribution is 5.92. The summed E-state index contributed by atoms with van der Waals surface area (Å²) < 4.78 is 0. The van der Waals surface area contributed by atoms with Crippen LogP contribution in [0.15, 0.2) is 18.3 Å². The molecular formula is C17H28N4O2. The maximum absolute atomic E-state index is 12.2. The largest absolute Gasteiger partial charge is 0.396 e. The molecule has 2 heterocycles. The van der Waals surface area contributed by atoms with Gasteiger partial charge in [0.25, 0.3) is 0 Å². The van der Waals surface area contributed by atoms with E-state index in [2.05, 4.69) is 27.4 Å². The van der Waals surface area contributed by atoms with Crippen molar-refractivity contribution in [1.29, 1.82) is 0 Å². The van der Waals surface area contributed by atoms with Crippen LogP contribution >= 0.6 is 0 Å². The van der Waals surface area contributed by atoms with Crippen LogP contribution in [0.5, 0.6) is 0 Å². The van der Waals surface area contributed by atoms with E-state index in [9.17, 15) is 4.79 Å². The SMILES string of the molecule is CCCC(CCO)CNC(=O)Nc1cccnc1N1CCCC1. The zero-order chi connectivity index (χ0) is 16.5. The average Bonchev–Trinajstić information content (AvgIpc) is 3.08. The predicted octanol–water partition coefficient (Wildman–Crippen LogP) is 2.60. The van der Waals surface area contributed by atoms with Gasteiger partial charge in [0.1, 0.15) is 0 Å². The summed E-state index contributed by atoms with van der Waals surface area (Å²) in [6.07, 6.45) is 6.88. The number of anilines is 2. The fraction of sp³-hybridized carbons (Fsp3) is 0.647. The van der Waals surface area contributed by atoms with Crippen molar-refractivity contribution in [2.24, 2.45) is 5.92 Å². The number of pyridine rings is 1. The molecule has 23 heavy (non-hydrogen) atoms. The van der Waals surface area contributed by atoms with Crippen molar-refractivity contribution in [3.05, 3.63) is 18.3 Å². The lowest BCUT2D eigenvalue weighted by molar-refractivity contribution is 0.237. The highest BCUT2D eigenvalue weighted by atomic mass is 16.3. The van der Waals surface area contributed by atoms with Crippen LogP contribution < -0.4 is 15.5 Å². The van der Waals surface area contributed by atoms with Gasteiger partial charge in [-0.3, -0.25) is 0 Å². The molecule has 1 unspecified atom stereocenters. The number of aromatic nitrogens is 1. The molecule has 0 aliphatic carbocycles. The van der Waals surface area contributed by atoms with Gasteiger partial charge in [0, 0.05) is 32.4 Å². The molecule has 1 aliphatic heterocycles. The number of aliphatic hydroxyl groups is 1. The molecule has 3 N–H and O–H groups in total. The van der Waals surface area contributed by atoms with E-state index in [0.29, 0.717) is 12.5 Å². The molecule has 1 saturated heterocycles. The van der Waals surface area contributed by atoms with Crippen molar-refractivity contribution in [1.82, 2.24) is 10.3 Å². The number of carbonyl (C=O) groups excluding carboxylic acids is 1. The van der Waals surface area contributed by atoms with Gasteiger partial charge in [-0.25, -0.2) is 9.78 Å². The molecule has 2 rings (SSSR count). The Balaban J connectivity index is 1.89. The number of hydrogen-bond donors (Lipinski definition) is 3. The number of nitrogens with one attached hydrogen (secondary N) is 2. The number of amides is 2. The quantitative estimate of drug-likeness (QED) is 0.688. The van der Waals surface area contributed by atoms with Crippen molar-refractivity contribution in [3.8, 4) is 0 Å². The first-order valence-corrected chi connectivity index (χ1v) is 8.60. The molecule has 1 aromatic rings. The van der Waals surface area contributed by atoms with E-state index in [4.69, 9.17) is 5.11 Å². The van der Waals surface area contributed by atoms with Crippen LogP contribution in [0.4, 0.5) is 16.3 Å². The first kappa shape index (κ1) is 17.5. The van der Waals surface area contributed by atoms with Gasteiger partial charge in [0.05, 0.1) is 5.69 Å². The number of aliphatic hydroxyl groups excluding tert-OH is 1. The van der Waals surface area contributed by atoms with Crippen molar-refractivity contribution in [2.75, 3.05) is 36.5 Å². The zero-order valence-electron chi connectivity index (χ0n) is 13.9. The van der Waals surface area contributed by atoms with Gasteiger partial charge >= 0.3 is 6.03 Å². The van der Waals surface area contributed by atoms with E-state index in [1.807, 2.05) is 12.1 Å². The van der Waals surface area contributed by atoms with Crippen LogP contribution in [0.3, 0.4) is 0 Å². The van der Waals surface area contributed by atoms with Crippen LogP contribution in [0.25, 0.3) is 0 Å². The third kappa shape index (κ3) is 5.39. The lowest BCUT2D eigenvalue weighted by Crippen LogP contribution is -2.34. The molecule has 0 saturated carbocycles. The van der Waals surface area contributed by atoms with E-state index in [1.165, 1.54) is 12.8 Å². The Morgan fingerprint density at radius 2 is 2.17 bits per heavy atom. The summed E-state index contributed by atoms with van der Waals surface area (Å²) in [7, 11) is 0. The van der Waals surface area contributed by atoms with Gasteiger partial charge in [-0.15, -0.1) is 0 Å². The molecule has 0 bridgehead atoms. The average molecular weight is 320 g/mol. The smallest absolute Gasteiger partial charge is 0.319 e. The number of hydrogen-bond acceptors (Lipinski definition) is 4. The summed E-state index contributed by atoms with van der Waals surface area (Å²) >= 11 is 0. The molecule has 1 fully saturated rings. The second-order valence-corrected chi connectivity index (χ2v) is 6.07. The Labute approximate surface area is 138 Å². The Bertz CT molecular complexity index is 483. The Hall–Kier alpha value is -1.82. The van der Waals surface area contributed by atoms with Gasteiger partial charge in [-0.1, -0.05) is 13.3 Å². The molecule has 6 nitrogen and oxygen atoms in total. The van der Waals surface area contributed by atoms with Crippen LogP contribution in [-0.2, 0) is 0 Å². The first-order valence-electron chi connectivity index (χ1n) is 8.60. The highest BCUT2D eigenvalue weighted by Gasteiger charge is 2.18. The zero-order valence-corrected chi connectivity index (χ0v) is 13.9. The number of urea groups is 1. The fourth-order valence-corrected chi connectivity index (χ4v) is 3.02. The van der Waals surface area contributed by atoms with Crippen LogP contribution in [0, 0.1) is 5.92 Å². The maximum Gasteiger partial charge on any atom is 0.319 e. The minimum Gasteiger partial charge on any atom is -0.396 e. The van der Waals surface area contributed by atoms with E-state index in [-0.39, 0.29) is 12.6 Å². The van der Waals surface area contributed by atoms with Gasteiger partial charge in [0.15, 0.2) is 5.82 Å². The summed E-state index contributed by atoms with van der Waals surface area (Å²) in [5.41, 5.74) is 0.751. The van der Waals surface area contributed by atoms with Gasteiger partial charge in [0.2, 0.25) is 0 Å². The second-order valence-electron chi connectivity index (χ2n) is 6.07. The lowest BCUT2D eigenvalue weighted by Gasteiger charge is -2.21. The lowest BCUT2D eigenvalue weighted by atomic mass is 10.0. The Morgan fingerprint density at radius 1 is 1.39 bits per heavy atom. The first-order chi connectivity index (χ1) is 11.2. The van der Waals surface area contributed by atoms with Crippen molar-refractivity contribution in [2.45, 2.75) is 39.0 Å². The van der Waals surface area contributed by atoms with Gasteiger partial charge in [-0.2, -0.15) is 0 Å². The molecule has 1 atom stereocenters. The highest BCUT2D eigenvalue weighted by Crippen LogP contribution is 2.25. The third-order valence-electron chi connectivity index (χ3n) is 4.23. The van der Waals surface area contributed by atoms with E-state index in [0.717, 1.165) is 43.9 Å². The minimum absolute atomic E-state index is 0.162. The van der Waals surface area contributed by atoms with Crippen LogP contribution in [0.2, 0.25) is 0 Å². The van der Waals surface area contributed by atoms with Crippen molar-refractivity contribution in [3.63, 3.8) is 0 Å². The predicted molar refractivity (Wildman–Crippen MR) is 92.8 cm³/mol. The van der Waals surface area contributed by atoms with Crippen molar-refractivity contribution < 1.29 is 9.90 Å². The minimum atomic E-state index is -0.211. The summed E-state index contributed by atoms with van der Waals surface area (Å²) in [4.78, 5) is 18.8. The fourth-order valence-electron chi connectivity index (χ4n) is 3.02. The standard InChI is InChI=1S/C17H28N4O2/c1-2-6-14(8-12-22)13-19-17(23)20-15-7-5-9-18-16(15)21-10-3-4-11-21/h5,7,9,14,22H,2-4,6,8,10-13H2,1H3,(H2,19,20,23). The molecule has 0 aromatic carbocycles. The summed E-state index contributed by atoms with van der Waals surface area (Å²) in [5.74, 6) is 1.17. The number of nitrogens with zero attached hydrogens (tertiary/aromatic N) is 2. The second kappa shape index (κ2) is 9.35.